The lowest BCUT2D eigenvalue weighted by Gasteiger charge is -2.35. The lowest BCUT2D eigenvalue weighted by Crippen LogP contribution is -2.44. The molecule has 0 aromatic carbocycles. The highest BCUT2D eigenvalue weighted by molar-refractivity contribution is 7.53. The van der Waals surface area contributed by atoms with Crippen molar-refractivity contribution in [1.82, 2.24) is 0 Å². The fourth-order valence-electron chi connectivity index (χ4n) is 4.74. The van der Waals surface area contributed by atoms with Gasteiger partial charge in [0.2, 0.25) is 0 Å². The van der Waals surface area contributed by atoms with E-state index in [0.29, 0.717) is 17.5 Å². The molecule has 1 N–H and O–H groups in total. The lowest BCUT2D eigenvalue weighted by atomic mass is 10.0. The molecule has 0 aliphatic heterocycles. The molecule has 0 bridgehead atoms. The van der Waals surface area contributed by atoms with Crippen molar-refractivity contribution in [3.05, 3.63) is 12.2 Å². The Morgan fingerprint density at radius 3 is 1.44 bits per heavy atom. The first kappa shape index (κ1) is 33.8. The van der Waals surface area contributed by atoms with Gasteiger partial charge in [-0.05, 0) is 25.7 Å². The summed E-state index contributed by atoms with van der Waals surface area (Å²) in [4.78, 5) is 10.3. The molecule has 34 heavy (non-hydrogen) atoms. The molecule has 0 aromatic heterocycles. The van der Waals surface area contributed by atoms with Crippen LogP contribution in [0.15, 0.2) is 12.2 Å². The summed E-state index contributed by atoms with van der Waals surface area (Å²) in [6.07, 6.45) is 30.4. The monoisotopic (exact) mass is 502 g/mol. The Kier molecular flexibility index (Phi) is 22.0. The first-order valence-corrected chi connectivity index (χ1v) is 16.3. The van der Waals surface area contributed by atoms with Gasteiger partial charge in [-0.2, -0.15) is 0 Å². The predicted octanol–water partition coefficient (Wildman–Crippen LogP) is 9.62. The molecule has 5 heteroatoms. The fraction of sp³-hybridized carbons (Fsp3) is 0.931. The van der Waals surface area contributed by atoms with Gasteiger partial charge < -0.3 is 13.9 Å². The summed E-state index contributed by atoms with van der Waals surface area (Å²) in [6.45, 7) is 4.60. The Hall–Kier alpha value is -0.150. The summed E-state index contributed by atoms with van der Waals surface area (Å²) in [5, 5.41) is 0. The van der Waals surface area contributed by atoms with Crippen molar-refractivity contribution in [2.24, 2.45) is 0 Å². The summed E-state index contributed by atoms with van der Waals surface area (Å²) in [6, 6.07) is 0. The van der Waals surface area contributed by atoms with Crippen molar-refractivity contribution >= 4 is 7.60 Å². The maximum atomic E-state index is 12.5. The van der Waals surface area contributed by atoms with Gasteiger partial charge in [0, 0.05) is 6.42 Å². The van der Waals surface area contributed by atoms with Gasteiger partial charge in [-0.3, -0.25) is 4.57 Å². The zero-order valence-electron chi connectivity index (χ0n) is 23.7. The first-order valence-electron chi connectivity index (χ1n) is 14.7. The number of nitrogens with zero attached hydrogens (tertiary/aromatic N) is 1. The minimum Gasteiger partial charge on any atom is -0.320 e. The third kappa shape index (κ3) is 20.1. The number of hydrogen-bond acceptors (Lipinski definition) is 2. The smallest absolute Gasteiger partial charge is 0.320 e. The van der Waals surface area contributed by atoms with Gasteiger partial charge in [-0.15, -0.1) is 0 Å². The van der Waals surface area contributed by atoms with Crippen LogP contribution in [-0.2, 0) is 9.09 Å². The van der Waals surface area contributed by atoms with Crippen molar-refractivity contribution in [3.63, 3.8) is 0 Å². The average Bonchev–Trinajstić information content (AvgIpc) is 2.76. The molecule has 2 unspecified atom stereocenters. The Balaban J connectivity index is 3.36. The molecule has 0 heterocycles. The van der Waals surface area contributed by atoms with Crippen molar-refractivity contribution in [2.45, 2.75) is 148 Å². The molecule has 0 aliphatic rings. The largest absolute Gasteiger partial charge is 0.385 e. The molecule has 0 aromatic rings. The Labute approximate surface area is 214 Å². The highest BCUT2D eigenvalue weighted by Crippen LogP contribution is 2.51. The molecule has 204 valence electrons. The second-order valence-electron chi connectivity index (χ2n) is 11.1. The van der Waals surface area contributed by atoms with E-state index in [2.05, 4.69) is 19.1 Å². The quantitative estimate of drug-likeness (QED) is 0.0585. The summed E-state index contributed by atoms with van der Waals surface area (Å²) < 4.78 is 18.4. The van der Waals surface area contributed by atoms with Crippen LogP contribution in [0.25, 0.3) is 0 Å². The number of quaternary nitrogens is 1. The van der Waals surface area contributed by atoms with Crippen LogP contribution in [0.5, 0.6) is 0 Å². The zero-order valence-corrected chi connectivity index (χ0v) is 24.6. The maximum absolute atomic E-state index is 12.5. The second kappa shape index (κ2) is 22.1. The summed E-state index contributed by atoms with van der Waals surface area (Å²) in [5.41, 5.74) is 0. The van der Waals surface area contributed by atoms with E-state index in [0.717, 1.165) is 12.8 Å². The van der Waals surface area contributed by atoms with Crippen LogP contribution in [0.2, 0.25) is 0 Å². The standard InChI is InChI=1S/C29H60NO3P/c1-6-8-9-10-11-12-13-14-15-16-17-18-19-20-21-22-23-24-25-26-27-28-33-34(31,32)29(7-2)30(3,4)5/h9-10,29H,6-8,11-28H2,1-5H3/p+1/b10-9-. The van der Waals surface area contributed by atoms with Crippen molar-refractivity contribution in [2.75, 3.05) is 27.7 Å². The highest BCUT2D eigenvalue weighted by atomic mass is 31.2. The van der Waals surface area contributed by atoms with E-state index in [1.54, 1.807) is 0 Å². The number of rotatable bonds is 25. The first-order chi connectivity index (χ1) is 16.3. The molecule has 0 radical (unpaired) electrons. The Bertz CT molecular complexity index is 516. The number of hydrogen-bond donors (Lipinski definition) is 1. The fourth-order valence-corrected chi connectivity index (χ4v) is 6.64. The molecular formula is C29H61NO3P+. The summed E-state index contributed by atoms with van der Waals surface area (Å²) in [7, 11) is 2.32. The molecule has 0 fully saturated rings. The van der Waals surface area contributed by atoms with E-state index < -0.39 is 7.60 Å². The topological polar surface area (TPSA) is 46.5 Å². The van der Waals surface area contributed by atoms with Gasteiger partial charge >= 0.3 is 7.60 Å². The normalized spacial score (nSPS) is 15.1. The van der Waals surface area contributed by atoms with Crippen LogP contribution >= 0.6 is 7.60 Å². The van der Waals surface area contributed by atoms with Crippen LogP contribution in [0, 0.1) is 0 Å². The SMILES string of the molecule is CCC/C=C\CCCCCCCCCCCCCCCCCCOP(=O)(O)C(CC)[N+](C)(C)C. The van der Waals surface area contributed by atoms with Gasteiger partial charge in [0.25, 0.3) is 0 Å². The molecule has 0 spiro atoms. The van der Waals surface area contributed by atoms with Gasteiger partial charge in [-0.25, -0.2) is 0 Å². The Morgan fingerprint density at radius 2 is 1.06 bits per heavy atom. The van der Waals surface area contributed by atoms with E-state index in [-0.39, 0.29) is 5.78 Å². The molecular weight excluding hydrogens is 441 g/mol. The van der Waals surface area contributed by atoms with Crippen LogP contribution in [-0.4, -0.2) is 42.9 Å². The summed E-state index contributed by atoms with van der Waals surface area (Å²) >= 11 is 0. The maximum Gasteiger partial charge on any atom is 0.385 e. The van der Waals surface area contributed by atoms with Crippen molar-refractivity contribution < 1.29 is 18.5 Å². The number of allylic oxidation sites excluding steroid dienone is 2. The highest BCUT2D eigenvalue weighted by Gasteiger charge is 2.41. The number of unbranched alkanes of at least 4 members (excludes halogenated alkanes) is 17. The Morgan fingerprint density at radius 1 is 0.676 bits per heavy atom. The van der Waals surface area contributed by atoms with Crippen molar-refractivity contribution in [1.29, 1.82) is 0 Å². The van der Waals surface area contributed by atoms with Crippen molar-refractivity contribution in [3.8, 4) is 0 Å². The van der Waals surface area contributed by atoms with Gasteiger partial charge in [0.1, 0.15) is 0 Å². The summed E-state index contributed by atoms with van der Waals surface area (Å²) in [5.74, 6) is -0.347. The molecule has 0 saturated carbocycles. The van der Waals surface area contributed by atoms with Crippen LogP contribution in [0.4, 0.5) is 0 Å². The van der Waals surface area contributed by atoms with E-state index >= 15 is 0 Å². The third-order valence-corrected chi connectivity index (χ3v) is 9.16. The van der Waals surface area contributed by atoms with Crippen LogP contribution < -0.4 is 0 Å². The van der Waals surface area contributed by atoms with E-state index in [1.807, 2.05) is 28.1 Å². The minimum atomic E-state index is -3.55. The molecule has 2 atom stereocenters. The average molecular weight is 503 g/mol. The molecule has 0 saturated heterocycles. The third-order valence-electron chi connectivity index (χ3n) is 6.80. The van der Waals surface area contributed by atoms with Crippen LogP contribution in [0.1, 0.15) is 142 Å². The molecule has 4 nitrogen and oxygen atoms in total. The molecule has 0 amide bonds. The van der Waals surface area contributed by atoms with Gasteiger partial charge in [0.15, 0.2) is 5.78 Å². The van der Waals surface area contributed by atoms with Gasteiger partial charge in [-0.1, -0.05) is 122 Å². The lowest BCUT2D eigenvalue weighted by molar-refractivity contribution is -0.883. The molecule has 0 rings (SSSR count). The van der Waals surface area contributed by atoms with Gasteiger partial charge in [0.05, 0.1) is 27.7 Å². The zero-order chi connectivity index (χ0) is 25.5. The van der Waals surface area contributed by atoms with E-state index in [9.17, 15) is 9.46 Å². The molecule has 0 aliphatic carbocycles. The van der Waals surface area contributed by atoms with E-state index in [4.69, 9.17) is 4.52 Å². The van der Waals surface area contributed by atoms with Crippen LogP contribution in [0.3, 0.4) is 0 Å². The van der Waals surface area contributed by atoms with E-state index in [1.165, 1.54) is 109 Å². The minimum absolute atomic E-state index is 0.347. The second-order valence-corrected chi connectivity index (χ2v) is 13.1. The predicted molar refractivity (Wildman–Crippen MR) is 150 cm³/mol.